The molecule has 24 heavy (non-hydrogen) atoms. The number of hydrogen-bond donors (Lipinski definition) is 0. The van der Waals surface area contributed by atoms with Gasteiger partial charge in [-0.3, -0.25) is 14.3 Å². The maximum absolute atomic E-state index is 12.7. The second-order valence-corrected chi connectivity index (χ2v) is 6.06. The highest BCUT2D eigenvalue weighted by atomic mass is 16.5. The van der Waals surface area contributed by atoms with Gasteiger partial charge < -0.3 is 9.64 Å². The van der Waals surface area contributed by atoms with Crippen molar-refractivity contribution in [2.24, 2.45) is 13.0 Å². The summed E-state index contributed by atoms with van der Waals surface area (Å²) >= 11 is 0. The molecule has 0 radical (unpaired) electrons. The number of amides is 1. The number of likely N-dealkylation sites (tertiary alicyclic amines) is 1. The minimum atomic E-state index is -0.167. The molecule has 2 aromatic rings. The Kier molecular flexibility index (Phi) is 4.64. The van der Waals surface area contributed by atoms with Crippen molar-refractivity contribution in [2.75, 3.05) is 20.2 Å². The van der Waals surface area contributed by atoms with Crippen LogP contribution in [0.25, 0.3) is 0 Å². The molecule has 6 heteroatoms. The van der Waals surface area contributed by atoms with Gasteiger partial charge in [-0.25, -0.2) is 0 Å². The van der Waals surface area contributed by atoms with Crippen molar-refractivity contribution in [1.29, 1.82) is 0 Å². The normalized spacial score (nSPS) is 17.6. The Hall–Kier alpha value is -2.63. The number of aryl methyl sites for hydroxylation is 1. The van der Waals surface area contributed by atoms with Gasteiger partial charge in [0.1, 0.15) is 11.4 Å². The molecule has 1 aromatic carbocycles. The molecule has 1 amide bonds. The van der Waals surface area contributed by atoms with Crippen LogP contribution in [0.15, 0.2) is 36.5 Å². The van der Waals surface area contributed by atoms with Gasteiger partial charge in [0.25, 0.3) is 5.91 Å². The van der Waals surface area contributed by atoms with Crippen LogP contribution in [-0.2, 0) is 7.05 Å². The van der Waals surface area contributed by atoms with E-state index in [1.165, 1.54) is 0 Å². The Morgan fingerprint density at radius 2 is 1.96 bits per heavy atom. The lowest BCUT2D eigenvalue weighted by molar-refractivity contribution is 0.0631. The van der Waals surface area contributed by atoms with E-state index < -0.39 is 0 Å². The van der Waals surface area contributed by atoms with Crippen LogP contribution in [0.1, 0.15) is 33.7 Å². The van der Waals surface area contributed by atoms with Gasteiger partial charge in [0.15, 0.2) is 5.78 Å². The Labute approximate surface area is 141 Å². The van der Waals surface area contributed by atoms with Crippen molar-refractivity contribution >= 4 is 11.7 Å². The third-order valence-electron chi connectivity index (χ3n) is 4.39. The predicted octanol–water partition coefficient (Wildman–Crippen LogP) is 2.16. The van der Waals surface area contributed by atoms with E-state index >= 15 is 0 Å². The zero-order valence-electron chi connectivity index (χ0n) is 13.9. The number of ether oxygens (including phenoxy) is 1. The van der Waals surface area contributed by atoms with E-state index in [2.05, 4.69) is 5.10 Å². The number of carbonyl (C=O) groups is 2. The number of aromatic nitrogens is 2. The first kappa shape index (κ1) is 16.2. The Morgan fingerprint density at radius 3 is 2.58 bits per heavy atom. The van der Waals surface area contributed by atoms with Crippen LogP contribution in [0.5, 0.6) is 5.75 Å². The SMILES string of the molecule is COc1ccc(C(=O)[C@H]2CCCN(C(=O)c3ccn(C)n3)C2)cc1. The molecule has 0 spiro atoms. The van der Waals surface area contributed by atoms with Crippen molar-refractivity contribution < 1.29 is 14.3 Å². The number of rotatable bonds is 4. The quantitative estimate of drug-likeness (QED) is 0.807. The lowest BCUT2D eigenvalue weighted by Gasteiger charge is -2.31. The van der Waals surface area contributed by atoms with Crippen LogP contribution in [0.2, 0.25) is 0 Å². The summed E-state index contributed by atoms with van der Waals surface area (Å²) in [6.45, 7) is 1.11. The van der Waals surface area contributed by atoms with Crippen LogP contribution >= 0.6 is 0 Å². The average molecular weight is 327 g/mol. The van der Waals surface area contributed by atoms with Gasteiger partial charge in [-0.15, -0.1) is 0 Å². The van der Waals surface area contributed by atoms with Crippen molar-refractivity contribution in [1.82, 2.24) is 14.7 Å². The minimum Gasteiger partial charge on any atom is -0.497 e. The second-order valence-electron chi connectivity index (χ2n) is 6.06. The van der Waals surface area contributed by atoms with Gasteiger partial charge in [0.05, 0.1) is 7.11 Å². The molecule has 0 bridgehead atoms. The molecule has 1 aromatic heterocycles. The number of piperidine rings is 1. The summed E-state index contributed by atoms with van der Waals surface area (Å²) in [7, 11) is 3.38. The van der Waals surface area contributed by atoms with E-state index in [1.54, 1.807) is 60.3 Å². The summed E-state index contributed by atoms with van der Waals surface area (Å²) in [4.78, 5) is 27.0. The first-order chi connectivity index (χ1) is 11.6. The fourth-order valence-electron chi connectivity index (χ4n) is 3.06. The third-order valence-corrected chi connectivity index (χ3v) is 4.39. The summed E-state index contributed by atoms with van der Waals surface area (Å²) in [5.74, 6) is 0.529. The molecule has 1 aliphatic rings. The highest BCUT2D eigenvalue weighted by Crippen LogP contribution is 2.23. The molecule has 1 fully saturated rings. The maximum Gasteiger partial charge on any atom is 0.274 e. The van der Waals surface area contributed by atoms with Gasteiger partial charge in [-0.05, 0) is 43.2 Å². The van der Waals surface area contributed by atoms with Crippen LogP contribution in [0.3, 0.4) is 0 Å². The standard InChI is InChI=1S/C18H21N3O3/c1-20-11-9-16(19-20)18(23)21-10-3-4-14(12-21)17(22)13-5-7-15(24-2)8-6-13/h5-9,11,14H,3-4,10,12H2,1-2H3/t14-/m0/s1. The molecule has 0 unspecified atom stereocenters. The van der Waals surface area contributed by atoms with Gasteiger partial charge in [0, 0.05) is 37.8 Å². The molecular weight excluding hydrogens is 306 g/mol. The summed E-state index contributed by atoms with van der Waals surface area (Å²) in [6, 6.07) is 8.83. The average Bonchev–Trinajstić information content (AvgIpc) is 3.07. The van der Waals surface area contributed by atoms with Gasteiger partial charge in [-0.1, -0.05) is 0 Å². The highest BCUT2D eigenvalue weighted by Gasteiger charge is 2.30. The number of hydrogen-bond acceptors (Lipinski definition) is 4. The zero-order chi connectivity index (χ0) is 17.1. The monoisotopic (exact) mass is 327 g/mol. The van der Waals surface area contributed by atoms with Crippen molar-refractivity contribution in [3.05, 3.63) is 47.8 Å². The molecule has 0 saturated carbocycles. The molecule has 0 aliphatic carbocycles. The Bertz CT molecular complexity index is 736. The number of Topliss-reactive ketones (excluding diaryl/α,β-unsaturated/α-hetero) is 1. The van der Waals surface area contributed by atoms with Crippen molar-refractivity contribution in [3.63, 3.8) is 0 Å². The number of ketones is 1. The molecule has 0 N–H and O–H groups in total. The fraction of sp³-hybridized carbons (Fsp3) is 0.389. The highest BCUT2D eigenvalue weighted by molar-refractivity contribution is 5.99. The number of nitrogens with zero attached hydrogens (tertiary/aromatic N) is 3. The van der Waals surface area contributed by atoms with Crippen LogP contribution in [0, 0.1) is 5.92 Å². The lowest BCUT2D eigenvalue weighted by Crippen LogP contribution is -2.42. The molecule has 2 heterocycles. The van der Waals surface area contributed by atoms with E-state index in [0.717, 1.165) is 18.6 Å². The van der Waals surface area contributed by atoms with Crippen LogP contribution in [0.4, 0.5) is 0 Å². The molecule has 6 nitrogen and oxygen atoms in total. The molecule has 1 saturated heterocycles. The Morgan fingerprint density at radius 1 is 1.21 bits per heavy atom. The van der Waals surface area contributed by atoms with E-state index in [0.29, 0.717) is 24.3 Å². The smallest absolute Gasteiger partial charge is 0.274 e. The van der Waals surface area contributed by atoms with Gasteiger partial charge in [-0.2, -0.15) is 5.10 Å². The third kappa shape index (κ3) is 3.32. The van der Waals surface area contributed by atoms with Gasteiger partial charge in [0.2, 0.25) is 0 Å². The minimum absolute atomic E-state index is 0.0798. The first-order valence-electron chi connectivity index (χ1n) is 8.05. The molecule has 1 aliphatic heterocycles. The molecule has 3 rings (SSSR count). The Balaban J connectivity index is 1.70. The summed E-state index contributed by atoms with van der Waals surface area (Å²) in [6.07, 6.45) is 3.37. The molecule has 1 atom stereocenters. The maximum atomic E-state index is 12.7. The van der Waals surface area contributed by atoms with E-state index in [1.807, 2.05) is 0 Å². The topological polar surface area (TPSA) is 64.4 Å². The van der Waals surface area contributed by atoms with Crippen LogP contribution < -0.4 is 4.74 Å². The number of methoxy groups -OCH3 is 1. The molecule has 126 valence electrons. The number of carbonyl (C=O) groups excluding carboxylic acids is 2. The first-order valence-corrected chi connectivity index (χ1v) is 8.05. The van der Waals surface area contributed by atoms with Crippen molar-refractivity contribution in [2.45, 2.75) is 12.8 Å². The van der Waals surface area contributed by atoms with E-state index in [9.17, 15) is 9.59 Å². The second kappa shape index (κ2) is 6.86. The zero-order valence-corrected chi connectivity index (χ0v) is 13.9. The van der Waals surface area contributed by atoms with E-state index in [-0.39, 0.29) is 17.6 Å². The summed E-state index contributed by atoms with van der Waals surface area (Å²) in [5, 5.41) is 4.16. The number of benzene rings is 1. The summed E-state index contributed by atoms with van der Waals surface area (Å²) in [5.41, 5.74) is 1.09. The van der Waals surface area contributed by atoms with E-state index in [4.69, 9.17) is 4.74 Å². The largest absolute Gasteiger partial charge is 0.497 e. The lowest BCUT2D eigenvalue weighted by atomic mass is 9.90. The van der Waals surface area contributed by atoms with Gasteiger partial charge >= 0.3 is 0 Å². The predicted molar refractivity (Wildman–Crippen MR) is 89.2 cm³/mol. The molecular formula is C18H21N3O3. The van der Waals surface area contributed by atoms with Crippen molar-refractivity contribution in [3.8, 4) is 5.75 Å². The summed E-state index contributed by atoms with van der Waals surface area (Å²) < 4.78 is 6.73. The van der Waals surface area contributed by atoms with Crippen LogP contribution in [-0.4, -0.2) is 46.6 Å². The fourth-order valence-corrected chi connectivity index (χ4v) is 3.06.